The second kappa shape index (κ2) is 8.03. The second-order valence-corrected chi connectivity index (χ2v) is 6.39. The zero-order chi connectivity index (χ0) is 19.4. The quantitative estimate of drug-likeness (QED) is 0.627. The summed E-state index contributed by atoms with van der Waals surface area (Å²) in [5, 5.41) is 0.458. The van der Waals surface area contributed by atoms with Crippen LogP contribution in [0.25, 0.3) is 16.6 Å². The van der Waals surface area contributed by atoms with Crippen molar-refractivity contribution in [2.24, 2.45) is 0 Å². The van der Waals surface area contributed by atoms with E-state index >= 15 is 0 Å². The summed E-state index contributed by atoms with van der Waals surface area (Å²) in [6.07, 6.45) is 2.03. The van der Waals surface area contributed by atoms with Gasteiger partial charge in [0.05, 0.1) is 29.3 Å². The van der Waals surface area contributed by atoms with E-state index in [1.54, 1.807) is 22.8 Å². The van der Waals surface area contributed by atoms with Crippen LogP contribution < -0.4 is 10.5 Å². The van der Waals surface area contributed by atoms with Gasteiger partial charge in [-0.1, -0.05) is 31.5 Å². The highest BCUT2D eigenvalue weighted by atomic mass is 16.5. The van der Waals surface area contributed by atoms with Crippen molar-refractivity contribution in [3.63, 3.8) is 0 Å². The van der Waals surface area contributed by atoms with Crippen molar-refractivity contribution in [2.45, 2.75) is 19.8 Å². The van der Waals surface area contributed by atoms with Gasteiger partial charge in [0.1, 0.15) is 0 Å². The first kappa shape index (κ1) is 18.6. The van der Waals surface area contributed by atoms with Gasteiger partial charge in [-0.2, -0.15) is 0 Å². The smallest absolute Gasteiger partial charge is 0.337 e. The summed E-state index contributed by atoms with van der Waals surface area (Å²) in [6.45, 7) is 2.90. The van der Waals surface area contributed by atoms with Crippen LogP contribution in [0, 0.1) is 0 Å². The average molecular weight is 365 g/mol. The minimum absolute atomic E-state index is 0.166. The summed E-state index contributed by atoms with van der Waals surface area (Å²) in [4.78, 5) is 31.8. The number of anilines is 1. The number of benzene rings is 2. The molecule has 27 heavy (non-hydrogen) atoms. The second-order valence-electron chi connectivity index (χ2n) is 6.39. The van der Waals surface area contributed by atoms with E-state index < -0.39 is 5.97 Å². The highest BCUT2D eigenvalue weighted by Gasteiger charge is 2.17. The molecule has 0 saturated carbocycles. The molecule has 1 aromatic heterocycles. The SMILES string of the molecule is CCCCN(C)c1nc2cc(C(=O)OC)ccc2c(=O)n1-c1ccccc1. The molecule has 0 aliphatic rings. The molecule has 0 unspecified atom stereocenters. The molecule has 0 fully saturated rings. The van der Waals surface area contributed by atoms with Crippen molar-refractivity contribution in [1.82, 2.24) is 9.55 Å². The fraction of sp³-hybridized carbons (Fsp3) is 0.286. The van der Waals surface area contributed by atoms with Crippen molar-refractivity contribution < 1.29 is 9.53 Å². The first-order valence-corrected chi connectivity index (χ1v) is 8.98. The van der Waals surface area contributed by atoms with E-state index in [0.717, 1.165) is 25.1 Å². The van der Waals surface area contributed by atoms with Crippen LogP contribution in [0.4, 0.5) is 5.95 Å². The summed E-state index contributed by atoms with van der Waals surface area (Å²) >= 11 is 0. The number of hydrogen-bond acceptors (Lipinski definition) is 5. The van der Waals surface area contributed by atoms with Gasteiger partial charge < -0.3 is 9.64 Å². The summed E-state index contributed by atoms with van der Waals surface area (Å²) < 4.78 is 6.40. The van der Waals surface area contributed by atoms with E-state index in [1.165, 1.54) is 7.11 Å². The number of hydrogen-bond donors (Lipinski definition) is 0. The first-order valence-electron chi connectivity index (χ1n) is 8.98. The number of nitrogens with zero attached hydrogens (tertiary/aromatic N) is 3. The molecular formula is C21H23N3O3. The Bertz CT molecular complexity index is 1010. The molecule has 0 saturated heterocycles. The lowest BCUT2D eigenvalue weighted by atomic mass is 10.1. The van der Waals surface area contributed by atoms with E-state index in [4.69, 9.17) is 9.72 Å². The number of para-hydroxylation sites is 1. The average Bonchev–Trinajstić information content (AvgIpc) is 2.71. The third kappa shape index (κ3) is 3.69. The predicted molar refractivity (Wildman–Crippen MR) is 107 cm³/mol. The molecular weight excluding hydrogens is 342 g/mol. The van der Waals surface area contributed by atoms with E-state index in [0.29, 0.717) is 22.4 Å². The molecule has 0 spiro atoms. The van der Waals surface area contributed by atoms with Crippen LogP contribution in [0.15, 0.2) is 53.3 Å². The molecule has 0 bridgehead atoms. The topological polar surface area (TPSA) is 64.4 Å². The highest BCUT2D eigenvalue weighted by molar-refractivity contribution is 5.94. The molecule has 1 heterocycles. The van der Waals surface area contributed by atoms with Crippen molar-refractivity contribution >= 4 is 22.8 Å². The van der Waals surface area contributed by atoms with Gasteiger partial charge in [0.15, 0.2) is 0 Å². The maximum atomic E-state index is 13.3. The number of ether oxygens (including phenoxy) is 1. The Hall–Kier alpha value is -3.15. The van der Waals surface area contributed by atoms with Crippen molar-refractivity contribution in [3.8, 4) is 5.69 Å². The fourth-order valence-electron chi connectivity index (χ4n) is 2.98. The number of methoxy groups -OCH3 is 1. The molecule has 3 aromatic rings. The van der Waals surface area contributed by atoms with Crippen LogP contribution in [0.3, 0.4) is 0 Å². The lowest BCUT2D eigenvalue weighted by Crippen LogP contribution is -2.30. The minimum Gasteiger partial charge on any atom is -0.465 e. The molecule has 0 N–H and O–H groups in total. The molecule has 2 aromatic carbocycles. The normalized spacial score (nSPS) is 10.8. The third-order valence-corrected chi connectivity index (χ3v) is 4.48. The monoisotopic (exact) mass is 365 g/mol. The highest BCUT2D eigenvalue weighted by Crippen LogP contribution is 2.20. The zero-order valence-corrected chi connectivity index (χ0v) is 15.8. The van der Waals surface area contributed by atoms with E-state index in [-0.39, 0.29) is 5.56 Å². The Morgan fingerprint density at radius 1 is 1.19 bits per heavy atom. The van der Waals surface area contributed by atoms with Crippen molar-refractivity contribution in [2.75, 3.05) is 25.6 Å². The van der Waals surface area contributed by atoms with Gasteiger partial charge in [-0.25, -0.2) is 14.3 Å². The van der Waals surface area contributed by atoms with E-state index in [1.807, 2.05) is 42.3 Å². The molecule has 3 rings (SSSR count). The van der Waals surface area contributed by atoms with Gasteiger partial charge in [-0.05, 0) is 36.8 Å². The lowest BCUT2D eigenvalue weighted by Gasteiger charge is -2.22. The number of carbonyl (C=O) groups is 1. The third-order valence-electron chi connectivity index (χ3n) is 4.48. The zero-order valence-electron chi connectivity index (χ0n) is 15.8. The molecule has 0 aliphatic carbocycles. The van der Waals surface area contributed by atoms with Crippen LogP contribution in [0.2, 0.25) is 0 Å². The molecule has 0 amide bonds. The maximum absolute atomic E-state index is 13.3. The molecule has 0 atom stereocenters. The summed E-state index contributed by atoms with van der Waals surface area (Å²) in [5.74, 6) is 0.0981. The number of esters is 1. The molecule has 6 nitrogen and oxygen atoms in total. The van der Waals surface area contributed by atoms with E-state index in [9.17, 15) is 9.59 Å². The number of unbranched alkanes of at least 4 members (excludes halogenated alkanes) is 1. The summed E-state index contributed by atoms with van der Waals surface area (Å²) in [6, 6.07) is 14.3. The minimum atomic E-state index is -0.452. The van der Waals surface area contributed by atoms with Gasteiger partial charge >= 0.3 is 5.97 Å². The van der Waals surface area contributed by atoms with Gasteiger partial charge in [-0.15, -0.1) is 0 Å². The number of fused-ring (bicyclic) bond motifs is 1. The molecule has 140 valence electrons. The van der Waals surface area contributed by atoms with Crippen molar-refractivity contribution in [1.29, 1.82) is 0 Å². The first-order chi connectivity index (χ1) is 13.1. The van der Waals surface area contributed by atoms with Gasteiger partial charge in [-0.3, -0.25) is 4.79 Å². The lowest BCUT2D eigenvalue weighted by molar-refractivity contribution is 0.0601. The largest absolute Gasteiger partial charge is 0.465 e. The van der Waals surface area contributed by atoms with Gasteiger partial charge in [0, 0.05) is 13.6 Å². The summed E-state index contributed by atoms with van der Waals surface area (Å²) in [5.41, 5.74) is 1.44. The van der Waals surface area contributed by atoms with Crippen LogP contribution >= 0.6 is 0 Å². The van der Waals surface area contributed by atoms with E-state index in [2.05, 4.69) is 6.92 Å². The fourth-order valence-corrected chi connectivity index (χ4v) is 2.98. The predicted octanol–water partition coefficient (Wildman–Crippen LogP) is 3.41. The number of carbonyl (C=O) groups excluding carboxylic acids is 1. The number of aromatic nitrogens is 2. The Morgan fingerprint density at radius 2 is 1.93 bits per heavy atom. The molecule has 0 radical (unpaired) electrons. The number of rotatable bonds is 6. The van der Waals surface area contributed by atoms with Crippen LogP contribution in [-0.2, 0) is 4.74 Å². The van der Waals surface area contributed by atoms with Crippen molar-refractivity contribution in [3.05, 3.63) is 64.4 Å². The standard InChI is InChI=1S/C21H23N3O3/c1-4-5-13-23(2)21-22-18-14-15(20(26)27-3)11-12-17(18)19(25)24(21)16-9-7-6-8-10-16/h6-12,14H,4-5,13H2,1-3H3. The van der Waals surface area contributed by atoms with Gasteiger partial charge in [0.2, 0.25) is 5.95 Å². The van der Waals surface area contributed by atoms with Crippen LogP contribution in [0.5, 0.6) is 0 Å². The molecule has 0 aliphatic heterocycles. The van der Waals surface area contributed by atoms with Crippen LogP contribution in [0.1, 0.15) is 30.1 Å². The van der Waals surface area contributed by atoms with Crippen LogP contribution in [-0.4, -0.2) is 36.2 Å². The Kier molecular flexibility index (Phi) is 5.54. The Balaban J connectivity index is 2.26. The Morgan fingerprint density at radius 3 is 2.59 bits per heavy atom. The maximum Gasteiger partial charge on any atom is 0.337 e. The van der Waals surface area contributed by atoms with Gasteiger partial charge in [0.25, 0.3) is 5.56 Å². The molecule has 6 heteroatoms. The Labute approximate surface area is 158 Å². The summed E-state index contributed by atoms with van der Waals surface area (Å²) in [7, 11) is 3.25.